The standard InChI is InChI=1S/C16H32/c1-9(2)15(10(3)4)11(5)12(6)16-13(7)14(16)8/h9-16H,1-8H3. The van der Waals surface area contributed by atoms with E-state index < -0.39 is 0 Å². The van der Waals surface area contributed by atoms with E-state index in [1.807, 2.05) is 0 Å². The van der Waals surface area contributed by atoms with Gasteiger partial charge in [-0.1, -0.05) is 55.4 Å². The third-order valence-electron chi connectivity index (χ3n) is 5.49. The highest BCUT2D eigenvalue weighted by molar-refractivity contribution is 4.96. The minimum absolute atomic E-state index is 0.821. The monoisotopic (exact) mass is 224 g/mol. The van der Waals surface area contributed by atoms with Crippen LogP contribution in [0, 0.1) is 47.3 Å². The Kier molecular flexibility index (Phi) is 4.49. The summed E-state index contributed by atoms with van der Waals surface area (Å²) >= 11 is 0. The molecule has 0 amide bonds. The second kappa shape index (κ2) is 5.10. The van der Waals surface area contributed by atoms with Crippen molar-refractivity contribution in [2.24, 2.45) is 47.3 Å². The lowest BCUT2D eigenvalue weighted by molar-refractivity contribution is 0.135. The zero-order valence-electron chi connectivity index (χ0n) is 12.6. The lowest BCUT2D eigenvalue weighted by Crippen LogP contribution is -2.29. The normalized spacial score (nSPS) is 33.6. The highest BCUT2D eigenvalue weighted by Crippen LogP contribution is 2.54. The Balaban J connectivity index is 2.64. The fourth-order valence-electron chi connectivity index (χ4n) is 4.34. The van der Waals surface area contributed by atoms with Gasteiger partial charge in [-0.05, 0) is 47.3 Å². The molecule has 0 saturated heterocycles. The van der Waals surface area contributed by atoms with Crippen molar-refractivity contribution in [2.45, 2.75) is 55.4 Å². The van der Waals surface area contributed by atoms with E-state index in [1.54, 1.807) is 0 Å². The summed E-state index contributed by atoms with van der Waals surface area (Å²) in [5, 5.41) is 0. The first-order chi connectivity index (χ1) is 7.29. The van der Waals surface area contributed by atoms with E-state index in [0.717, 1.165) is 47.3 Å². The molecule has 4 atom stereocenters. The van der Waals surface area contributed by atoms with Crippen molar-refractivity contribution in [3.8, 4) is 0 Å². The first-order valence-corrected chi connectivity index (χ1v) is 7.29. The minimum Gasteiger partial charge on any atom is -0.0625 e. The molecule has 16 heavy (non-hydrogen) atoms. The van der Waals surface area contributed by atoms with Gasteiger partial charge in [0.25, 0.3) is 0 Å². The van der Waals surface area contributed by atoms with Crippen molar-refractivity contribution in [3.05, 3.63) is 0 Å². The van der Waals surface area contributed by atoms with Crippen LogP contribution in [0.25, 0.3) is 0 Å². The van der Waals surface area contributed by atoms with Crippen LogP contribution in [0.15, 0.2) is 0 Å². The minimum atomic E-state index is 0.821. The summed E-state index contributed by atoms with van der Waals surface area (Å²) in [5.41, 5.74) is 0. The lowest BCUT2D eigenvalue weighted by atomic mass is 9.70. The molecule has 0 spiro atoms. The Bertz CT molecular complexity index is 200. The summed E-state index contributed by atoms with van der Waals surface area (Å²) in [7, 11) is 0. The van der Waals surface area contributed by atoms with Gasteiger partial charge >= 0.3 is 0 Å². The predicted octanol–water partition coefficient (Wildman–Crippen LogP) is 5.09. The van der Waals surface area contributed by atoms with Crippen molar-refractivity contribution < 1.29 is 0 Å². The Hall–Kier alpha value is 0. The van der Waals surface area contributed by atoms with Crippen molar-refractivity contribution in [2.75, 3.05) is 0 Å². The molecule has 1 aliphatic rings. The maximum absolute atomic E-state index is 2.49. The highest BCUT2D eigenvalue weighted by atomic mass is 14.5. The summed E-state index contributed by atoms with van der Waals surface area (Å²) in [6.07, 6.45) is 0. The summed E-state index contributed by atoms with van der Waals surface area (Å²) in [4.78, 5) is 0. The lowest BCUT2D eigenvalue weighted by Gasteiger charge is -2.35. The van der Waals surface area contributed by atoms with E-state index in [2.05, 4.69) is 55.4 Å². The molecule has 0 heteroatoms. The summed E-state index contributed by atoms with van der Waals surface area (Å²) in [6.45, 7) is 19.4. The fourth-order valence-corrected chi connectivity index (χ4v) is 4.34. The van der Waals surface area contributed by atoms with Crippen LogP contribution in [0.2, 0.25) is 0 Å². The molecule has 0 bridgehead atoms. The van der Waals surface area contributed by atoms with E-state index in [0.29, 0.717) is 0 Å². The molecule has 0 aliphatic heterocycles. The SMILES string of the molecule is CC(C)C(C(C)C)C(C)C(C)C1C(C)C1C. The fraction of sp³-hybridized carbons (Fsp3) is 1.00. The summed E-state index contributed by atoms with van der Waals surface area (Å²) in [6, 6.07) is 0. The van der Waals surface area contributed by atoms with Crippen molar-refractivity contribution >= 4 is 0 Å². The molecule has 0 N–H and O–H groups in total. The van der Waals surface area contributed by atoms with Crippen LogP contribution in [-0.4, -0.2) is 0 Å². The van der Waals surface area contributed by atoms with Crippen molar-refractivity contribution in [1.82, 2.24) is 0 Å². The number of hydrogen-bond acceptors (Lipinski definition) is 0. The smallest absolute Gasteiger partial charge is 0.0329 e. The molecule has 0 aromatic heterocycles. The number of hydrogen-bond donors (Lipinski definition) is 0. The Labute approximate surface area is 103 Å². The van der Waals surface area contributed by atoms with Crippen LogP contribution >= 0.6 is 0 Å². The first-order valence-electron chi connectivity index (χ1n) is 7.29. The zero-order chi connectivity index (χ0) is 12.6. The van der Waals surface area contributed by atoms with Crippen LogP contribution in [-0.2, 0) is 0 Å². The van der Waals surface area contributed by atoms with Crippen molar-refractivity contribution in [1.29, 1.82) is 0 Å². The second-order valence-corrected chi connectivity index (χ2v) is 7.08. The molecule has 1 rings (SSSR count). The Morgan fingerprint density at radius 3 is 1.31 bits per heavy atom. The molecular weight excluding hydrogens is 192 g/mol. The first kappa shape index (κ1) is 14.1. The molecule has 0 heterocycles. The Morgan fingerprint density at radius 1 is 0.688 bits per heavy atom. The van der Waals surface area contributed by atoms with Crippen LogP contribution in [0.4, 0.5) is 0 Å². The Morgan fingerprint density at radius 2 is 1.06 bits per heavy atom. The molecule has 0 aromatic rings. The van der Waals surface area contributed by atoms with Gasteiger partial charge in [0.2, 0.25) is 0 Å². The van der Waals surface area contributed by atoms with E-state index in [9.17, 15) is 0 Å². The van der Waals surface area contributed by atoms with Crippen LogP contribution in [0.3, 0.4) is 0 Å². The van der Waals surface area contributed by atoms with Gasteiger partial charge in [0.1, 0.15) is 0 Å². The van der Waals surface area contributed by atoms with Gasteiger partial charge in [-0.25, -0.2) is 0 Å². The molecule has 96 valence electrons. The zero-order valence-corrected chi connectivity index (χ0v) is 12.6. The predicted molar refractivity (Wildman–Crippen MR) is 73.3 cm³/mol. The number of rotatable bonds is 5. The summed E-state index contributed by atoms with van der Waals surface area (Å²) in [5.74, 6) is 7.24. The van der Waals surface area contributed by atoms with Gasteiger partial charge < -0.3 is 0 Å². The molecule has 1 aliphatic carbocycles. The summed E-state index contributed by atoms with van der Waals surface area (Å²) < 4.78 is 0. The van der Waals surface area contributed by atoms with E-state index in [1.165, 1.54) is 0 Å². The average Bonchev–Trinajstić information content (AvgIpc) is 2.72. The topological polar surface area (TPSA) is 0 Å². The third kappa shape index (κ3) is 2.63. The van der Waals surface area contributed by atoms with Gasteiger partial charge in [0.05, 0.1) is 0 Å². The van der Waals surface area contributed by atoms with E-state index in [-0.39, 0.29) is 0 Å². The van der Waals surface area contributed by atoms with Gasteiger partial charge in [-0.3, -0.25) is 0 Å². The molecule has 0 radical (unpaired) electrons. The van der Waals surface area contributed by atoms with Gasteiger partial charge in [-0.15, -0.1) is 0 Å². The molecule has 0 aromatic carbocycles. The third-order valence-corrected chi connectivity index (χ3v) is 5.49. The van der Waals surface area contributed by atoms with Crippen LogP contribution in [0.1, 0.15) is 55.4 Å². The maximum atomic E-state index is 2.49. The maximum Gasteiger partial charge on any atom is -0.0329 e. The molecule has 1 fully saturated rings. The van der Waals surface area contributed by atoms with Crippen LogP contribution < -0.4 is 0 Å². The van der Waals surface area contributed by atoms with E-state index >= 15 is 0 Å². The largest absolute Gasteiger partial charge is 0.0625 e. The van der Waals surface area contributed by atoms with Gasteiger partial charge in [0, 0.05) is 0 Å². The average molecular weight is 224 g/mol. The second-order valence-electron chi connectivity index (χ2n) is 7.08. The van der Waals surface area contributed by atoms with Crippen molar-refractivity contribution in [3.63, 3.8) is 0 Å². The molecule has 0 nitrogen and oxygen atoms in total. The van der Waals surface area contributed by atoms with Crippen LogP contribution in [0.5, 0.6) is 0 Å². The van der Waals surface area contributed by atoms with E-state index in [4.69, 9.17) is 0 Å². The quantitative estimate of drug-likeness (QED) is 0.610. The molecule has 1 saturated carbocycles. The molecule has 4 unspecified atom stereocenters. The van der Waals surface area contributed by atoms with Gasteiger partial charge in [-0.2, -0.15) is 0 Å². The molecular formula is C16H32. The highest BCUT2D eigenvalue weighted by Gasteiger charge is 2.48. The van der Waals surface area contributed by atoms with Gasteiger partial charge in [0.15, 0.2) is 0 Å².